The van der Waals surface area contributed by atoms with E-state index in [1.807, 2.05) is 67.6 Å². The van der Waals surface area contributed by atoms with Crippen LogP contribution in [-0.2, 0) is 10.2 Å². The Hall–Kier alpha value is -2.78. The van der Waals surface area contributed by atoms with Gasteiger partial charge in [0.25, 0.3) is 0 Å². The van der Waals surface area contributed by atoms with Gasteiger partial charge in [-0.05, 0) is 36.2 Å². The van der Waals surface area contributed by atoms with E-state index in [4.69, 9.17) is 16.3 Å². The summed E-state index contributed by atoms with van der Waals surface area (Å²) < 4.78 is 5.17. The zero-order valence-corrected chi connectivity index (χ0v) is 15.5. The van der Waals surface area contributed by atoms with Crippen molar-refractivity contribution in [1.29, 1.82) is 0 Å². The van der Waals surface area contributed by atoms with Gasteiger partial charge in [-0.25, -0.2) is 0 Å². The van der Waals surface area contributed by atoms with Crippen molar-refractivity contribution in [1.82, 2.24) is 0 Å². The van der Waals surface area contributed by atoms with E-state index in [1.54, 1.807) is 25.3 Å². The van der Waals surface area contributed by atoms with Gasteiger partial charge >= 0.3 is 0 Å². The molecule has 3 rings (SSSR count). The average Bonchev–Trinajstić information content (AvgIpc) is 2.69. The zero-order valence-electron chi connectivity index (χ0n) is 14.7. The molecule has 0 saturated carbocycles. The molecule has 0 aliphatic carbocycles. The molecule has 0 aromatic heterocycles. The SMILES string of the molecule is COc1ccc(NC(=O)C(C)(c2ccccc2)c2ccccc2)cc1Cl. The first-order valence-electron chi connectivity index (χ1n) is 8.31. The minimum Gasteiger partial charge on any atom is -0.495 e. The third-order valence-electron chi connectivity index (χ3n) is 4.57. The van der Waals surface area contributed by atoms with E-state index < -0.39 is 5.41 Å². The quantitative estimate of drug-likeness (QED) is 0.666. The number of rotatable bonds is 5. The number of ether oxygens (including phenoxy) is 1. The van der Waals surface area contributed by atoms with Crippen LogP contribution in [0.3, 0.4) is 0 Å². The van der Waals surface area contributed by atoms with E-state index in [0.29, 0.717) is 16.5 Å². The van der Waals surface area contributed by atoms with E-state index in [9.17, 15) is 4.79 Å². The number of nitrogens with one attached hydrogen (secondary N) is 1. The van der Waals surface area contributed by atoms with Crippen molar-refractivity contribution >= 4 is 23.2 Å². The lowest BCUT2D eigenvalue weighted by Crippen LogP contribution is -2.38. The van der Waals surface area contributed by atoms with Crippen LogP contribution in [-0.4, -0.2) is 13.0 Å². The molecule has 0 unspecified atom stereocenters. The van der Waals surface area contributed by atoms with Gasteiger partial charge in [-0.15, -0.1) is 0 Å². The molecule has 0 aliphatic heterocycles. The summed E-state index contributed by atoms with van der Waals surface area (Å²) in [5, 5.41) is 3.44. The molecule has 26 heavy (non-hydrogen) atoms. The Balaban J connectivity index is 2.00. The fourth-order valence-corrected chi connectivity index (χ4v) is 3.23. The number of carbonyl (C=O) groups excluding carboxylic acids is 1. The number of amides is 1. The Morgan fingerprint density at radius 3 is 1.92 bits per heavy atom. The fraction of sp³-hybridized carbons (Fsp3) is 0.136. The average molecular weight is 366 g/mol. The summed E-state index contributed by atoms with van der Waals surface area (Å²) in [5.41, 5.74) is 1.63. The van der Waals surface area contributed by atoms with Crippen LogP contribution < -0.4 is 10.1 Å². The number of hydrogen-bond acceptors (Lipinski definition) is 2. The first-order valence-corrected chi connectivity index (χ1v) is 8.69. The number of methoxy groups -OCH3 is 1. The predicted octanol–water partition coefficient (Wildman–Crippen LogP) is 5.29. The first kappa shape index (κ1) is 18.0. The third kappa shape index (κ3) is 3.44. The van der Waals surface area contributed by atoms with E-state index in [2.05, 4.69) is 5.32 Å². The maximum Gasteiger partial charge on any atom is 0.239 e. The smallest absolute Gasteiger partial charge is 0.239 e. The van der Waals surface area contributed by atoms with Crippen molar-refractivity contribution < 1.29 is 9.53 Å². The van der Waals surface area contributed by atoms with Crippen molar-refractivity contribution in [2.75, 3.05) is 12.4 Å². The van der Waals surface area contributed by atoms with Gasteiger partial charge in [0, 0.05) is 5.69 Å². The molecular weight excluding hydrogens is 346 g/mol. The highest BCUT2D eigenvalue weighted by Gasteiger charge is 2.37. The molecule has 0 radical (unpaired) electrons. The van der Waals surface area contributed by atoms with Crippen molar-refractivity contribution in [3.8, 4) is 5.75 Å². The van der Waals surface area contributed by atoms with Gasteiger partial charge in [0.05, 0.1) is 17.5 Å². The first-order chi connectivity index (χ1) is 12.6. The lowest BCUT2D eigenvalue weighted by atomic mass is 9.75. The lowest BCUT2D eigenvalue weighted by molar-refractivity contribution is -0.119. The van der Waals surface area contributed by atoms with E-state index in [-0.39, 0.29) is 5.91 Å². The molecular formula is C22H20ClNO2. The highest BCUT2D eigenvalue weighted by Crippen LogP contribution is 2.34. The highest BCUT2D eigenvalue weighted by molar-refractivity contribution is 6.32. The van der Waals surface area contributed by atoms with Gasteiger partial charge in [-0.2, -0.15) is 0 Å². The minimum absolute atomic E-state index is 0.129. The van der Waals surface area contributed by atoms with Gasteiger partial charge in [-0.3, -0.25) is 4.79 Å². The summed E-state index contributed by atoms with van der Waals surface area (Å²) in [6, 6.07) is 24.7. The standard InChI is InChI=1S/C22H20ClNO2/c1-22(16-9-5-3-6-10-16,17-11-7-4-8-12-17)21(25)24-18-13-14-20(26-2)19(23)15-18/h3-15H,1-2H3,(H,24,25). The molecule has 0 bridgehead atoms. The Morgan fingerprint density at radius 2 is 1.46 bits per heavy atom. The van der Waals surface area contributed by atoms with Crippen LogP contribution in [0.2, 0.25) is 5.02 Å². The number of carbonyl (C=O) groups is 1. The second kappa shape index (κ2) is 7.63. The molecule has 1 N–H and O–H groups in total. The van der Waals surface area contributed by atoms with Gasteiger partial charge in [0.15, 0.2) is 0 Å². The van der Waals surface area contributed by atoms with E-state index >= 15 is 0 Å². The summed E-state index contributed by atoms with van der Waals surface area (Å²) in [4.78, 5) is 13.3. The molecule has 0 heterocycles. The van der Waals surface area contributed by atoms with Crippen molar-refractivity contribution in [3.63, 3.8) is 0 Å². The normalized spacial score (nSPS) is 11.0. The summed E-state index contributed by atoms with van der Waals surface area (Å²) in [5.74, 6) is 0.440. The summed E-state index contributed by atoms with van der Waals surface area (Å²) in [6.45, 7) is 1.93. The van der Waals surface area contributed by atoms with Crippen LogP contribution in [0.4, 0.5) is 5.69 Å². The monoisotopic (exact) mass is 365 g/mol. The molecule has 4 heteroatoms. The molecule has 0 saturated heterocycles. The second-order valence-corrected chi connectivity index (χ2v) is 6.57. The van der Waals surface area contributed by atoms with Gasteiger partial charge < -0.3 is 10.1 Å². The molecule has 3 aromatic carbocycles. The van der Waals surface area contributed by atoms with Crippen LogP contribution in [0.5, 0.6) is 5.75 Å². The Bertz CT molecular complexity index is 855. The molecule has 0 atom stereocenters. The van der Waals surface area contributed by atoms with E-state index in [0.717, 1.165) is 11.1 Å². The molecule has 1 amide bonds. The number of halogens is 1. The summed E-state index contributed by atoms with van der Waals surface area (Å²) in [6.07, 6.45) is 0. The fourth-order valence-electron chi connectivity index (χ4n) is 2.97. The van der Waals surface area contributed by atoms with Crippen LogP contribution in [0.1, 0.15) is 18.1 Å². The largest absolute Gasteiger partial charge is 0.495 e. The zero-order chi connectivity index (χ0) is 18.6. The predicted molar refractivity (Wildman–Crippen MR) is 106 cm³/mol. The molecule has 0 spiro atoms. The lowest BCUT2D eigenvalue weighted by Gasteiger charge is -2.29. The van der Waals surface area contributed by atoms with E-state index in [1.165, 1.54) is 0 Å². The molecule has 0 fully saturated rings. The summed E-state index contributed by atoms with van der Waals surface area (Å²) in [7, 11) is 1.56. The number of hydrogen-bond donors (Lipinski definition) is 1. The van der Waals surface area contributed by atoms with Crippen molar-refractivity contribution in [2.45, 2.75) is 12.3 Å². The third-order valence-corrected chi connectivity index (χ3v) is 4.86. The maximum atomic E-state index is 13.3. The van der Waals surface area contributed by atoms with Crippen molar-refractivity contribution in [3.05, 3.63) is 95.0 Å². The van der Waals surface area contributed by atoms with Gasteiger partial charge in [0.2, 0.25) is 5.91 Å². The number of benzene rings is 3. The minimum atomic E-state index is -0.838. The summed E-state index contributed by atoms with van der Waals surface area (Å²) >= 11 is 6.18. The molecule has 0 aliphatic rings. The molecule has 3 nitrogen and oxygen atoms in total. The molecule has 3 aromatic rings. The molecule has 132 valence electrons. The van der Waals surface area contributed by atoms with Gasteiger partial charge in [0.1, 0.15) is 5.75 Å². The Kier molecular flexibility index (Phi) is 5.29. The Morgan fingerprint density at radius 1 is 0.923 bits per heavy atom. The number of anilines is 1. The van der Waals surface area contributed by atoms with Crippen LogP contribution in [0.25, 0.3) is 0 Å². The topological polar surface area (TPSA) is 38.3 Å². The highest BCUT2D eigenvalue weighted by atomic mass is 35.5. The van der Waals surface area contributed by atoms with Crippen molar-refractivity contribution in [2.24, 2.45) is 0 Å². The second-order valence-electron chi connectivity index (χ2n) is 6.16. The van der Waals surface area contributed by atoms with Crippen LogP contribution in [0, 0.1) is 0 Å². The maximum absolute atomic E-state index is 13.3. The van der Waals surface area contributed by atoms with Gasteiger partial charge in [-0.1, -0.05) is 72.3 Å². The van der Waals surface area contributed by atoms with Crippen LogP contribution >= 0.6 is 11.6 Å². The van der Waals surface area contributed by atoms with Crippen LogP contribution in [0.15, 0.2) is 78.9 Å². The Labute approximate surface area is 158 Å².